The van der Waals surface area contributed by atoms with Crippen molar-refractivity contribution < 1.29 is 19.1 Å². The molecule has 176 valence electrons. The van der Waals surface area contributed by atoms with Crippen LogP contribution in [0.4, 0.5) is 0 Å². The average molecular weight is 444 g/mol. The summed E-state index contributed by atoms with van der Waals surface area (Å²) in [7, 11) is 0. The smallest absolute Gasteiger partial charge is 0.263 e. The van der Waals surface area contributed by atoms with Gasteiger partial charge in [0.2, 0.25) is 11.8 Å². The van der Waals surface area contributed by atoms with Crippen LogP contribution in [0.2, 0.25) is 0 Å². The maximum Gasteiger partial charge on any atom is 0.263 e. The van der Waals surface area contributed by atoms with E-state index >= 15 is 0 Å². The first-order chi connectivity index (χ1) is 15.2. The van der Waals surface area contributed by atoms with Crippen LogP contribution in [-0.2, 0) is 14.4 Å². The second-order valence-electron chi connectivity index (χ2n) is 9.50. The molecule has 1 aromatic rings. The third kappa shape index (κ3) is 5.43. The molecule has 1 aromatic carbocycles. The second-order valence-corrected chi connectivity index (χ2v) is 9.50. The standard InChI is InChI=1S/C25H37N3O4/c1-17(2)21-9-6-7-10-22(21)32-19(5)24(30)26-11-8-12-27(14-13-26)25(31)20-15-23(29)28(16-20)18(3)4/h6-7,9-10,17-20H,8,11-16H2,1-5H3. The van der Waals surface area contributed by atoms with Gasteiger partial charge in [-0.1, -0.05) is 32.0 Å². The van der Waals surface area contributed by atoms with Gasteiger partial charge in [0.25, 0.3) is 5.91 Å². The molecule has 0 N–H and O–H groups in total. The number of hydrogen-bond acceptors (Lipinski definition) is 4. The quantitative estimate of drug-likeness (QED) is 0.678. The Balaban J connectivity index is 1.57. The van der Waals surface area contributed by atoms with Crippen molar-refractivity contribution in [3.63, 3.8) is 0 Å². The highest BCUT2D eigenvalue weighted by atomic mass is 16.5. The number of nitrogens with zero attached hydrogens (tertiary/aromatic N) is 3. The number of carbonyl (C=O) groups is 3. The Labute approximate surface area is 191 Å². The zero-order valence-corrected chi connectivity index (χ0v) is 20.0. The summed E-state index contributed by atoms with van der Waals surface area (Å²) in [5.41, 5.74) is 1.08. The lowest BCUT2D eigenvalue weighted by Crippen LogP contribution is -2.44. The lowest BCUT2D eigenvalue weighted by molar-refractivity contribution is -0.139. The molecule has 2 unspecified atom stereocenters. The van der Waals surface area contributed by atoms with Crippen LogP contribution in [0, 0.1) is 5.92 Å². The Morgan fingerprint density at radius 3 is 2.28 bits per heavy atom. The molecule has 32 heavy (non-hydrogen) atoms. The van der Waals surface area contributed by atoms with Crippen LogP contribution in [0.3, 0.4) is 0 Å². The summed E-state index contributed by atoms with van der Waals surface area (Å²) < 4.78 is 6.05. The highest BCUT2D eigenvalue weighted by molar-refractivity contribution is 5.89. The SMILES string of the molecule is CC(Oc1ccccc1C(C)C)C(=O)N1CCCN(C(=O)C2CC(=O)N(C(C)C)C2)CC1. The third-order valence-corrected chi connectivity index (χ3v) is 6.44. The number of rotatable bonds is 6. The van der Waals surface area contributed by atoms with Crippen LogP contribution < -0.4 is 4.74 Å². The van der Waals surface area contributed by atoms with Crippen molar-refractivity contribution in [3.8, 4) is 5.75 Å². The average Bonchev–Trinajstić information content (AvgIpc) is 2.99. The molecule has 0 bridgehead atoms. The normalized spacial score (nSPS) is 20.7. The van der Waals surface area contributed by atoms with Gasteiger partial charge in [-0.15, -0.1) is 0 Å². The van der Waals surface area contributed by atoms with Crippen molar-refractivity contribution in [3.05, 3.63) is 29.8 Å². The first kappa shape index (κ1) is 24.1. The molecule has 0 radical (unpaired) electrons. The topological polar surface area (TPSA) is 70.2 Å². The number of benzene rings is 1. The first-order valence-corrected chi connectivity index (χ1v) is 11.8. The lowest BCUT2D eigenvalue weighted by atomic mass is 10.0. The van der Waals surface area contributed by atoms with Crippen molar-refractivity contribution >= 4 is 17.7 Å². The predicted octanol–water partition coefficient (Wildman–Crippen LogP) is 2.90. The van der Waals surface area contributed by atoms with E-state index in [2.05, 4.69) is 13.8 Å². The van der Waals surface area contributed by atoms with Crippen molar-refractivity contribution in [2.45, 2.75) is 65.5 Å². The lowest BCUT2D eigenvalue weighted by Gasteiger charge is -2.27. The molecule has 0 spiro atoms. The fourth-order valence-electron chi connectivity index (χ4n) is 4.58. The van der Waals surface area contributed by atoms with Gasteiger partial charge >= 0.3 is 0 Å². The largest absolute Gasteiger partial charge is 0.481 e. The first-order valence-electron chi connectivity index (χ1n) is 11.8. The zero-order valence-electron chi connectivity index (χ0n) is 20.0. The maximum absolute atomic E-state index is 13.1. The van der Waals surface area contributed by atoms with E-state index in [-0.39, 0.29) is 36.1 Å². The van der Waals surface area contributed by atoms with Crippen LogP contribution in [0.25, 0.3) is 0 Å². The van der Waals surface area contributed by atoms with E-state index in [1.165, 1.54) is 0 Å². The summed E-state index contributed by atoms with van der Waals surface area (Å²) in [6, 6.07) is 7.95. The van der Waals surface area contributed by atoms with Gasteiger partial charge in [0.15, 0.2) is 6.10 Å². The molecule has 2 atom stereocenters. The van der Waals surface area contributed by atoms with E-state index in [0.717, 1.165) is 17.7 Å². The molecule has 2 aliphatic heterocycles. The number of para-hydroxylation sites is 1. The minimum absolute atomic E-state index is 0.0333. The van der Waals surface area contributed by atoms with Gasteiger partial charge in [0, 0.05) is 45.2 Å². The van der Waals surface area contributed by atoms with Crippen LogP contribution in [-0.4, -0.2) is 77.3 Å². The van der Waals surface area contributed by atoms with E-state index in [1.807, 2.05) is 43.0 Å². The van der Waals surface area contributed by atoms with Gasteiger partial charge in [0.05, 0.1) is 5.92 Å². The Kier molecular flexibility index (Phi) is 7.80. The van der Waals surface area contributed by atoms with Gasteiger partial charge in [-0.3, -0.25) is 14.4 Å². The van der Waals surface area contributed by atoms with Crippen LogP contribution in [0.1, 0.15) is 58.9 Å². The molecule has 2 heterocycles. The van der Waals surface area contributed by atoms with Gasteiger partial charge < -0.3 is 19.4 Å². The molecule has 7 heteroatoms. The molecule has 0 aromatic heterocycles. The molecule has 7 nitrogen and oxygen atoms in total. The molecule has 3 rings (SSSR count). The third-order valence-electron chi connectivity index (χ3n) is 6.44. The van der Waals surface area contributed by atoms with E-state index in [4.69, 9.17) is 4.74 Å². The summed E-state index contributed by atoms with van der Waals surface area (Å²) in [5.74, 6) is 0.807. The Bertz CT molecular complexity index is 838. The number of amides is 3. The van der Waals surface area contributed by atoms with Crippen molar-refractivity contribution in [2.75, 3.05) is 32.7 Å². The monoisotopic (exact) mass is 443 g/mol. The predicted molar refractivity (Wildman–Crippen MR) is 123 cm³/mol. The van der Waals surface area contributed by atoms with E-state index in [0.29, 0.717) is 38.6 Å². The molecule has 0 aliphatic carbocycles. The number of hydrogen-bond donors (Lipinski definition) is 0. The van der Waals surface area contributed by atoms with E-state index in [1.54, 1.807) is 16.7 Å². The van der Waals surface area contributed by atoms with Crippen molar-refractivity contribution in [2.24, 2.45) is 5.92 Å². The summed E-state index contributed by atoms with van der Waals surface area (Å²) in [5, 5.41) is 0. The van der Waals surface area contributed by atoms with E-state index < -0.39 is 6.10 Å². The van der Waals surface area contributed by atoms with Gasteiger partial charge in [0.1, 0.15) is 5.75 Å². The Morgan fingerprint density at radius 1 is 0.969 bits per heavy atom. The minimum Gasteiger partial charge on any atom is -0.481 e. The fraction of sp³-hybridized carbons (Fsp3) is 0.640. The number of likely N-dealkylation sites (tertiary alicyclic amines) is 1. The molecule has 2 fully saturated rings. The molecular formula is C25H37N3O4. The summed E-state index contributed by atoms with van der Waals surface area (Å²) in [6.07, 6.45) is 0.418. The second kappa shape index (κ2) is 10.4. The van der Waals surface area contributed by atoms with Crippen LogP contribution in [0.5, 0.6) is 5.75 Å². The van der Waals surface area contributed by atoms with Gasteiger partial charge in [-0.2, -0.15) is 0 Å². The van der Waals surface area contributed by atoms with Crippen LogP contribution >= 0.6 is 0 Å². The summed E-state index contributed by atoms with van der Waals surface area (Å²) in [4.78, 5) is 43.7. The summed E-state index contributed by atoms with van der Waals surface area (Å²) in [6.45, 7) is 12.6. The Hall–Kier alpha value is -2.57. The van der Waals surface area contributed by atoms with Gasteiger partial charge in [-0.25, -0.2) is 0 Å². The highest BCUT2D eigenvalue weighted by Crippen LogP contribution is 2.27. The van der Waals surface area contributed by atoms with Crippen molar-refractivity contribution in [1.82, 2.24) is 14.7 Å². The number of ether oxygens (including phenoxy) is 1. The molecule has 3 amide bonds. The maximum atomic E-state index is 13.1. The van der Waals surface area contributed by atoms with E-state index in [9.17, 15) is 14.4 Å². The minimum atomic E-state index is -0.593. The zero-order chi connectivity index (χ0) is 23.4. The highest BCUT2D eigenvalue weighted by Gasteiger charge is 2.38. The Morgan fingerprint density at radius 2 is 1.62 bits per heavy atom. The molecular weight excluding hydrogens is 406 g/mol. The fourth-order valence-corrected chi connectivity index (χ4v) is 4.58. The summed E-state index contributed by atoms with van der Waals surface area (Å²) >= 11 is 0. The molecule has 2 saturated heterocycles. The molecule has 0 saturated carbocycles. The van der Waals surface area contributed by atoms with Crippen LogP contribution in [0.15, 0.2) is 24.3 Å². The van der Waals surface area contributed by atoms with Crippen molar-refractivity contribution in [1.29, 1.82) is 0 Å². The number of carbonyl (C=O) groups excluding carboxylic acids is 3. The van der Waals surface area contributed by atoms with Gasteiger partial charge in [-0.05, 0) is 44.7 Å². The molecule has 2 aliphatic rings.